The summed E-state index contributed by atoms with van der Waals surface area (Å²) in [4.78, 5) is 22.4. The van der Waals surface area contributed by atoms with E-state index in [0.717, 1.165) is 16.6 Å². The van der Waals surface area contributed by atoms with E-state index in [4.69, 9.17) is 14.9 Å². The Hall–Kier alpha value is -5.32. The lowest BCUT2D eigenvalue weighted by molar-refractivity contribution is -0.116. The predicted octanol–water partition coefficient (Wildman–Crippen LogP) is 5.15. The summed E-state index contributed by atoms with van der Waals surface area (Å²) in [5, 5.41) is 14.6. The topological polar surface area (TPSA) is 151 Å². The molecule has 0 saturated heterocycles. The summed E-state index contributed by atoms with van der Waals surface area (Å²) in [6.45, 7) is 4.20. The first-order valence-corrected chi connectivity index (χ1v) is 12.3. The molecule has 194 valence electrons. The van der Waals surface area contributed by atoms with Crippen molar-refractivity contribution in [3.8, 4) is 34.4 Å². The summed E-state index contributed by atoms with van der Waals surface area (Å²) in [6, 6.07) is 22.7. The van der Waals surface area contributed by atoms with E-state index in [9.17, 15) is 4.79 Å². The highest BCUT2D eigenvalue weighted by Gasteiger charge is 2.21. The number of carbonyl (C=O) groups excluding carboxylic acids is 1. The molecule has 6 aromatic rings. The molecule has 3 N–H and O–H groups in total. The highest BCUT2D eigenvalue weighted by molar-refractivity contribution is 5.93. The number of nitrogens with one attached hydrogen (secondary N) is 1. The molecule has 3 aromatic carbocycles. The largest absolute Gasteiger partial charge is 0.379 e. The maximum absolute atomic E-state index is 13.2. The van der Waals surface area contributed by atoms with Crippen molar-refractivity contribution < 1.29 is 13.9 Å². The number of amides is 1. The molecule has 0 aliphatic carbocycles. The molecule has 3 heterocycles. The quantitative estimate of drug-likeness (QED) is 0.291. The fraction of sp³-hybridized carbons (Fsp3) is 0.143. The number of nitrogens with two attached hydrogens (primary N) is 1. The summed E-state index contributed by atoms with van der Waals surface area (Å²) in [5.41, 5.74) is 10.9. The van der Waals surface area contributed by atoms with E-state index in [1.54, 1.807) is 16.7 Å². The number of para-hydroxylation sites is 2. The minimum absolute atomic E-state index is 0.0370. The van der Waals surface area contributed by atoms with Crippen LogP contribution in [0.1, 0.15) is 25.3 Å². The Morgan fingerprint density at radius 1 is 0.974 bits per heavy atom. The van der Waals surface area contributed by atoms with Crippen molar-refractivity contribution in [3.63, 3.8) is 0 Å². The Balaban J connectivity index is 1.25. The van der Waals surface area contributed by atoms with Gasteiger partial charge in [-0.25, -0.2) is 9.61 Å². The molecule has 0 unspecified atom stereocenters. The molecule has 0 radical (unpaired) electrons. The highest BCUT2D eigenvalue weighted by Crippen LogP contribution is 2.30. The smallest absolute Gasteiger partial charge is 0.258 e. The van der Waals surface area contributed by atoms with Gasteiger partial charge in [0.25, 0.3) is 5.89 Å². The highest BCUT2D eigenvalue weighted by atomic mass is 16.6. The minimum atomic E-state index is -0.272. The van der Waals surface area contributed by atoms with Gasteiger partial charge in [0.1, 0.15) is 6.54 Å². The zero-order valence-corrected chi connectivity index (χ0v) is 21.2. The van der Waals surface area contributed by atoms with E-state index in [1.165, 1.54) is 0 Å². The third kappa shape index (κ3) is 4.61. The van der Waals surface area contributed by atoms with Crippen LogP contribution in [0.5, 0.6) is 0 Å². The number of rotatable bonds is 7. The number of anilines is 2. The van der Waals surface area contributed by atoms with Crippen LogP contribution in [0.3, 0.4) is 0 Å². The fourth-order valence-corrected chi connectivity index (χ4v) is 4.49. The molecular formula is C28H24N8O3. The number of nitrogen functional groups attached to an aromatic ring is 1. The molecule has 0 atom stereocenters. The molecule has 6 rings (SSSR count). The number of hydrogen-bond acceptors (Lipinski definition) is 9. The van der Waals surface area contributed by atoms with Crippen LogP contribution in [0.4, 0.5) is 11.5 Å². The molecule has 3 aromatic heterocycles. The molecule has 0 spiro atoms. The van der Waals surface area contributed by atoms with Crippen LogP contribution >= 0.6 is 0 Å². The van der Waals surface area contributed by atoms with Crippen molar-refractivity contribution in [3.05, 3.63) is 78.4 Å². The van der Waals surface area contributed by atoms with Gasteiger partial charge < -0.3 is 20.1 Å². The third-order valence-electron chi connectivity index (χ3n) is 6.33. The first kappa shape index (κ1) is 24.0. The van der Waals surface area contributed by atoms with Gasteiger partial charge in [-0.3, -0.25) is 4.79 Å². The summed E-state index contributed by atoms with van der Waals surface area (Å²) in [6.07, 6.45) is 0. The van der Waals surface area contributed by atoms with Gasteiger partial charge in [0.2, 0.25) is 11.7 Å². The van der Waals surface area contributed by atoms with Crippen LogP contribution in [0.25, 0.3) is 45.4 Å². The molecule has 0 bridgehead atoms. The third-order valence-corrected chi connectivity index (χ3v) is 6.33. The normalized spacial score (nSPS) is 11.4. The van der Waals surface area contributed by atoms with E-state index >= 15 is 0 Å². The Kier molecular flexibility index (Phi) is 6.08. The number of carbonyl (C=O) groups is 1. The van der Waals surface area contributed by atoms with Crippen LogP contribution in [0.15, 0.2) is 81.9 Å². The Morgan fingerprint density at radius 3 is 2.62 bits per heavy atom. The van der Waals surface area contributed by atoms with Crippen LogP contribution < -0.4 is 11.1 Å². The van der Waals surface area contributed by atoms with Gasteiger partial charge in [-0.05, 0) is 52.1 Å². The molecule has 11 nitrogen and oxygen atoms in total. The van der Waals surface area contributed by atoms with Gasteiger partial charge in [0.15, 0.2) is 17.3 Å². The zero-order chi connectivity index (χ0) is 26.9. The van der Waals surface area contributed by atoms with E-state index in [0.29, 0.717) is 40.2 Å². The molecule has 0 aliphatic rings. The van der Waals surface area contributed by atoms with Gasteiger partial charge in [-0.15, -0.1) is 0 Å². The second-order valence-electron chi connectivity index (χ2n) is 9.30. The van der Waals surface area contributed by atoms with Gasteiger partial charge in [0.05, 0.1) is 11.0 Å². The van der Waals surface area contributed by atoms with Crippen LogP contribution in [-0.2, 0) is 11.3 Å². The Bertz CT molecular complexity index is 1800. The number of benzene rings is 3. The van der Waals surface area contributed by atoms with Gasteiger partial charge in [-0.2, -0.15) is 4.98 Å². The molecule has 0 fully saturated rings. The van der Waals surface area contributed by atoms with Crippen LogP contribution in [0.2, 0.25) is 0 Å². The van der Waals surface area contributed by atoms with E-state index in [-0.39, 0.29) is 24.0 Å². The average Bonchev–Trinajstić information content (AvgIpc) is 3.68. The van der Waals surface area contributed by atoms with Crippen molar-refractivity contribution in [1.82, 2.24) is 30.0 Å². The fourth-order valence-electron chi connectivity index (χ4n) is 4.49. The maximum atomic E-state index is 13.2. The summed E-state index contributed by atoms with van der Waals surface area (Å²) < 4.78 is 12.1. The van der Waals surface area contributed by atoms with Gasteiger partial charge in [-0.1, -0.05) is 61.5 Å². The monoisotopic (exact) mass is 520 g/mol. The second kappa shape index (κ2) is 9.86. The molecule has 39 heavy (non-hydrogen) atoms. The van der Waals surface area contributed by atoms with Crippen molar-refractivity contribution in [2.24, 2.45) is 0 Å². The van der Waals surface area contributed by atoms with Gasteiger partial charge >= 0.3 is 0 Å². The first-order valence-electron chi connectivity index (χ1n) is 12.3. The number of hydrogen-bond donors (Lipinski definition) is 2. The van der Waals surface area contributed by atoms with Crippen LogP contribution in [0, 0.1) is 0 Å². The van der Waals surface area contributed by atoms with E-state index in [2.05, 4.69) is 50.7 Å². The zero-order valence-electron chi connectivity index (χ0n) is 21.2. The molecule has 11 heteroatoms. The number of fused-ring (bicyclic) bond motifs is 1. The molecule has 0 saturated carbocycles. The predicted molar refractivity (Wildman–Crippen MR) is 145 cm³/mol. The van der Waals surface area contributed by atoms with Crippen molar-refractivity contribution >= 4 is 28.4 Å². The van der Waals surface area contributed by atoms with Crippen molar-refractivity contribution in [1.29, 1.82) is 0 Å². The average molecular weight is 521 g/mol. The lowest BCUT2D eigenvalue weighted by Gasteiger charge is -2.10. The lowest BCUT2D eigenvalue weighted by Crippen LogP contribution is -2.19. The number of aromatic nitrogens is 6. The number of nitrogens with zero attached hydrogens (tertiary/aromatic N) is 6. The first-order chi connectivity index (χ1) is 19.0. The van der Waals surface area contributed by atoms with Gasteiger partial charge in [0, 0.05) is 16.8 Å². The number of imidazole rings is 1. The summed E-state index contributed by atoms with van der Waals surface area (Å²) >= 11 is 0. The summed E-state index contributed by atoms with van der Waals surface area (Å²) in [5.74, 6) is 1.39. The summed E-state index contributed by atoms with van der Waals surface area (Å²) in [7, 11) is 0. The molecule has 0 aliphatic heterocycles. The maximum Gasteiger partial charge on any atom is 0.258 e. The van der Waals surface area contributed by atoms with E-state index in [1.807, 2.05) is 54.6 Å². The Morgan fingerprint density at radius 2 is 1.79 bits per heavy atom. The lowest BCUT2D eigenvalue weighted by atomic mass is 9.97. The second-order valence-corrected chi connectivity index (χ2v) is 9.30. The minimum Gasteiger partial charge on any atom is -0.379 e. The van der Waals surface area contributed by atoms with Crippen molar-refractivity contribution in [2.75, 3.05) is 11.1 Å². The van der Waals surface area contributed by atoms with Crippen LogP contribution in [-0.4, -0.2) is 35.9 Å². The van der Waals surface area contributed by atoms with E-state index < -0.39 is 0 Å². The standard InChI is InChI=1S/C28H24N8O3/c1-16(2)19-10-3-4-11-20(19)28-32-26(35-38-28)17-8-7-9-18(14-17)30-23(37)15-36-22-13-6-5-12-21(22)31-27(36)24-25(29)34-39-33-24/h3-14,16H,15H2,1-2H3,(H2,29,34)(H,30,37). The molecular weight excluding hydrogens is 496 g/mol. The molecule has 1 amide bonds. The SMILES string of the molecule is CC(C)c1ccccc1-c1nc(-c2cccc(NC(=O)Cn3c(-c4nonc4N)nc4ccccc43)c2)no1. The van der Waals surface area contributed by atoms with Crippen molar-refractivity contribution in [2.45, 2.75) is 26.3 Å². The Labute approximate surface area is 222 Å².